The third-order valence-electron chi connectivity index (χ3n) is 4.22. The van der Waals surface area contributed by atoms with Crippen molar-refractivity contribution in [2.45, 2.75) is 25.7 Å². The Kier molecular flexibility index (Phi) is 4.55. The van der Waals surface area contributed by atoms with Gasteiger partial charge in [-0.15, -0.1) is 0 Å². The topological polar surface area (TPSA) is 48.1 Å². The maximum Gasteiger partial charge on any atom is 0.223 e. The van der Waals surface area contributed by atoms with E-state index < -0.39 is 0 Å². The van der Waals surface area contributed by atoms with E-state index in [0.29, 0.717) is 12.3 Å². The third kappa shape index (κ3) is 3.45. The zero-order valence-corrected chi connectivity index (χ0v) is 12.4. The van der Waals surface area contributed by atoms with Gasteiger partial charge in [-0.3, -0.25) is 4.79 Å². The van der Waals surface area contributed by atoms with Crippen LogP contribution in [0.1, 0.15) is 24.8 Å². The molecule has 1 aromatic carbocycles. The predicted octanol–water partition coefficient (Wildman–Crippen LogP) is 2.31. The van der Waals surface area contributed by atoms with Crippen LogP contribution >= 0.6 is 0 Å². The first-order chi connectivity index (χ1) is 10.3. The maximum atomic E-state index is 11.9. The molecule has 0 atom stereocenters. The van der Waals surface area contributed by atoms with Crippen LogP contribution < -0.4 is 5.32 Å². The Hall–Kier alpha value is -1.81. The Morgan fingerprint density at radius 3 is 2.86 bits per heavy atom. The zero-order valence-electron chi connectivity index (χ0n) is 12.4. The molecule has 2 N–H and O–H groups in total. The Bertz CT molecular complexity index is 599. The van der Waals surface area contributed by atoms with Crippen LogP contribution in [0.5, 0.6) is 0 Å². The van der Waals surface area contributed by atoms with Crippen molar-refractivity contribution in [1.29, 1.82) is 0 Å². The largest absolute Gasteiger partial charge is 0.361 e. The first-order valence-electron chi connectivity index (χ1n) is 7.88. The van der Waals surface area contributed by atoms with Crippen molar-refractivity contribution in [3.8, 4) is 0 Å². The molecule has 21 heavy (non-hydrogen) atoms. The van der Waals surface area contributed by atoms with E-state index in [1.807, 2.05) is 11.0 Å². The lowest BCUT2D eigenvalue weighted by Gasteiger charge is -2.15. The minimum absolute atomic E-state index is 0.298. The summed E-state index contributed by atoms with van der Waals surface area (Å²) in [5, 5.41) is 4.68. The summed E-state index contributed by atoms with van der Waals surface area (Å²) < 4.78 is 0. The van der Waals surface area contributed by atoms with Crippen LogP contribution in [0.15, 0.2) is 30.5 Å². The lowest BCUT2D eigenvalue weighted by Crippen LogP contribution is -2.31. The second-order valence-electron chi connectivity index (χ2n) is 5.70. The lowest BCUT2D eigenvalue weighted by atomic mass is 10.1. The van der Waals surface area contributed by atoms with E-state index in [1.165, 1.54) is 29.3 Å². The molecule has 1 fully saturated rings. The maximum absolute atomic E-state index is 11.9. The van der Waals surface area contributed by atoms with Gasteiger partial charge in [0.2, 0.25) is 5.91 Å². The molecule has 4 heteroatoms. The van der Waals surface area contributed by atoms with Crippen LogP contribution in [0, 0.1) is 0 Å². The Morgan fingerprint density at radius 2 is 2.00 bits per heavy atom. The van der Waals surface area contributed by atoms with Crippen LogP contribution in [0.25, 0.3) is 10.9 Å². The van der Waals surface area contributed by atoms with Crippen molar-refractivity contribution in [3.05, 3.63) is 36.0 Å². The summed E-state index contributed by atoms with van der Waals surface area (Å²) in [4.78, 5) is 17.2. The summed E-state index contributed by atoms with van der Waals surface area (Å²) in [6, 6.07) is 8.37. The monoisotopic (exact) mass is 285 g/mol. The molecule has 0 radical (unpaired) electrons. The van der Waals surface area contributed by atoms with Crippen LogP contribution in [-0.2, 0) is 11.2 Å². The molecular formula is C17H23N3O. The normalized spacial score (nSPS) is 15.0. The highest BCUT2D eigenvalue weighted by molar-refractivity contribution is 5.83. The average molecular weight is 285 g/mol. The van der Waals surface area contributed by atoms with Crippen LogP contribution in [0.4, 0.5) is 0 Å². The Morgan fingerprint density at radius 1 is 1.19 bits per heavy atom. The highest BCUT2D eigenvalue weighted by atomic mass is 16.2. The number of aromatic nitrogens is 1. The number of fused-ring (bicyclic) bond motifs is 1. The number of para-hydroxylation sites is 1. The van der Waals surface area contributed by atoms with E-state index in [4.69, 9.17) is 0 Å². The minimum atomic E-state index is 0.298. The number of carbonyl (C=O) groups is 1. The molecule has 1 aliphatic heterocycles. The number of rotatable bonds is 6. The van der Waals surface area contributed by atoms with Gasteiger partial charge in [0.1, 0.15) is 0 Å². The number of H-pyrrole nitrogens is 1. The zero-order chi connectivity index (χ0) is 14.5. The predicted molar refractivity (Wildman–Crippen MR) is 85.3 cm³/mol. The van der Waals surface area contributed by atoms with Crippen molar-refractivity contribution in [2.24, 2.45) is 0 Å². The summed E-state index contributed by atoms with van der Waals surface area (Å²) in [6.45, 7) is 3.59. The molecule has 0 spiro atoms. The molecular weight excluding hydrogens is 262 g/mol. The number of carbonyl (C=O) groups excluding carboxylic acids is 1. The highest BCUT2D eigenvalue weighted by Gasteiger charge is 2.16. The van der Waals surface area contributed by atoms with E-state index in [9.17, 15) is 4.79 Å². The first-order valence-corrected chi connectivity index (χ1v) is 7.88. The molecule has 1 aromatic heterocycles. The van der Waals surface area contributed by atoms with Crippen molar-refractivity contribution in [2.75, 3.05) is 26.2 Å². The molecule has 1 saturated heterocycles. The van der Waals surface area contributed by atoms with Gasteiger partial charge < -0.3 is 15.2 Å². The molecule has 2 aromatic rings. The highest BCUT2D eigenvalue weighted by Crippen LogP contribution is 2.17. The van der Waals surface area contributed by atoms with Gasteiger partial charge in [0.05, 0.1) is 0 Å². The van der Waals surface area contributed by atoms with Gasteiger partial charge in [0.25, 0.3) is 0 Å². The molecule has 112 valence electrons. The van der Waals surface area contributed by atoms with Crippen LogP contribution in [-0.4, -0.2) is 42.0 Å². The van der Waals surface area contributed by atoms with Gasteiger partial charge in [-0.25, -0.2) is 0 Å². The number of benzene rings is 1. The van der Waals surface area contributed by atoms with Crippen molar-refractivity contribution >= 4 is 16.8 Å². The number of nitrogens with zero attached hydrogens (tertiary/aromatic N) is 1. The second-order valence-corrected chi connectivity index (χ2v) is 5.70. The molecule has 1 amide bonds. The van der Waals surface area contributed by atoms with E-state index in [1.54, 1.807) is 0 Å². The van der Waals surface area contributed by atoms with E-state index in [2.05, 4.69) is 34.7 Å². The van der Waals surface area contributed by atoms with Crippen molar-refractivity contribution in [3.63, 3.8) is 0 Å². The average Bonchev–Trinajstić information content (AvgIpc) is 3.16. The van der Waals surface area contributed by atoms with Gasteiger partial charge in [-0.2, -0.15) is 0 Å². The molecule has 3 rings (SSSR count). The molecule has 2 heterocycles. The summed E-state index contributed by atoms with van der Waals surface area (Å²) >= 11 is 0. The minimum Gasteiger partial charge on any atom is -0.361 e. The van der Waals surface area contributed by atoms with E-state index >= 15 is 0 Å². The fourth-order valence-electron chi connectivity index (χ4n) is 3.01. The molecule has 0 bridgehead atoms. The molecule has 0 unspecified atom stereocenters. The smallest absolute Gasteiger partial charge is 0.223 e. The summed E-state index contributed by atoms with van der Waals surface area (Å²) in [6.07, 6.45) is 6.02. The van der Waals surface area contributed by atoms with Gasteiger partial charge in [-0.05, 0) is 37.4 Å². The summed E-state index contributed by atoms with van der Waals surface area (Å²) in [7, 11) is 0. The van der Waals surface area contributed by atoms with Gasteiger partial charge >= 0.3 is 0 Å². The first kappa shape index (κ1) is 14.1. The summed E-state index contributed by atoms with van der Waals surface area (Å²) in [5.74, 6) is 0.298. The van der Waals surface area contributed by atoms with Gasteiger partial charge in [0.15, 0.2) is 0 Å². The molecule has 0 saturated carbocycles. The number of nitrogens with one attached hydrogen (secondary N) is 2. The van der Waals surface area contributed by atoms with E-state index in [0.717, 1.165) is 32.6 Å². The summed E-state index contributed by atoms with van der Waals surface area (Å²) in [5.41, 5.74) is 2.53. The lowest BCUT2D eigenvalue weighted by molar-refractivity contribution is -0.130. The Labute approximate surface area is 125 Å². The number of aromatic amines is 1. The van der Waals surface area contributed by atoms with Crippen molar-refractivity contribution in [1.82, 2.24) is 15.2 Å². The SMILES string of the molecule is O=C(CCNCCc1c[nH]c2ccccc12)N1CCCC1. The third-order valence-corrected chi connectivity index (χ3v) is 4.22. The number of amides is 1. The molecule has 0 aliphatic carbocycles. The van der Waals surface area contributed by atoms with Gasteiger partial charge in [0, 0.05) is 43.2 Å². The number of hydrogen-bond donors (Lipinski definition) is 2. The fourth-order valence-corrected chi connectivity index (χ4v) is 3.01. The standard InChI is InChI=1S/C17H23N3O/c21-17(20-11-3-4-12-20)8-10-18-9-7-14-13-19-16-6-2-1-5-15(14)16/h1-2,5-6,13,18-19H,3-4,7-12H2. The molecule has 4 nitrogen and oxygen atoms in total. The van der Waals surface area contributed by atoms with Crippen molar-refractivity contribution < 1.29 is 4.79 Å². The number of hydrogen-bond acceptors (Lipinski definition) is 2. The van der Waals surface area contributed by atoms with Crippen LogP contribution in [0.2, 0.25) is 0 Å². The number of likely N-dealkylation sites (tertiary alicyclic amines) is 1. The quantitative estimate of drug-likeness (QED) is 0.800. The Balaban J connectivity index is 1.39. The van der Waals surface area contributed by atoms with Crippen LogP contribution in [0.3, 0.4) is 0 Å². The van der Waals surface area contributed by atoms with Gasteiger partial charge in [-0.1, -0.05) is 18.2 Å². The molecule has 1 aliphatic rings. The fraction of sp³-hybridized carbons (Fsp3) is 0.471. The second kappa shape index (κ2) is 6.76. The van der Waals surface area contributed by atoms with E-state index in [-0.39, 0.29) is 0 Å².